The summed E-state index contributed by atoms with van der Waals surface area (Å²) in [4.78, 5) is 11.9. The lowest BCUT2D eigenvalue weighted by Gasteiger charge is -2.17. The summed E-state index contributed by atoms with van der Waals surface area (Å²) in [7, 11) is 0. The maximum atomic E-state index is 12.5. The van der Waals surface area contributed by atoms with Gasteiger partial charge in [0.25, 0.3) is 0 Å². The van der Waals surface area contributed by atoms with Crippen LogP contribution in [0.2, 0.25) is 0 Å². The van der Waals surface area contributed by atoms with Crippen LogP contribution in [0.4, 0.5) is 23.7 Å². The minimum absolute atomic E-state index is 0.0529. The quantitative estimate of drug-likeness (QED) is 0.681. The van der Waals surface area contributed by atoms with Crippen LogP contribution < -0.4 is 10.6 Å². The molecule has 0 aliphatic heterocycles. The number of carbonyl (C=O) groups excluding carboxylic acids is 1. The van der Waals surface area contributed by atoms with E-state index in [4.69, 9.17) is 0 Å². The Morgan fingerprint density at radius 1 is 1.00 bits per heavy atom. The van der Waals surface area contributed by atoms with Crippen LogP contribution in [0.1, 0.15) is 29.9 Å². The molecule has 0 fully saturated rings. The van der Waals surface area contributed by atoms with Gasteiger partial charge in [-0.2, -0.15) is 13.2 Å². The van der Waals surface area contributed by atoms with Crippen molar-refractivity contribution in [2.75, 3.05) is 18.5 Å². The summed E-state index contributed by atoms with van der Waals surface area (Å²) in [5.74, 6) is 0.118. The minimum Gasteiger partial charge on any atom is -0.396 e. The van der Waals surface area contributed by atoms with Gasteiger partial charge in [-0.1, -0.05) is 30.3 Å². The SMILES string of the molecule is O=C(NCCC(CCO)c1ccccc1)Nc1ccc(C(F)(F)F)cc1. The van der Waals surface area contributed by atoms with E-state index in [0.29, 0.717) is 19.4 Å². The van der Waals surface area contributed by atoms with Gasteiger partial charge in [0.2, 0.25) is 0 Å². The molecule has 0 bridgehead atoms. The summed E-state index contributed by atoms with van der Waals surface area (Å²) in [5, 5.41) is 14.4. The van der Waals surface area contributed by atoms with Gasteiger partial charge < -0.3 is 15.7 Å². The molecular formula is C19H21F3N2O2. The molecular weight excluding hydrogens is 345 g/mol. The highest BCUT2D eigenvalue weighted by molar-refractivity contribution is 5.89. The predicted octanol–water partition coefficient (Wildman–Crippen LogP) is 4.38. The molecule has 3 N–H and O–H groups in total. The first kappa shape index (κ1) is 19.8. The fraction of sp³-hybridized carbons (Fsp3) is 0.316. The lowest BCUT2D eigenvalue weighted by Crippen LogP contribution is -2.30. The Morgan fingerprint density at radius 2 is 1.65 bits per heavy atom. The zero-order chi connectivity index (χ0) is 19.0. The first-order chi connectivity index (χ1) is 12.4. The molecule has 4 nitrogen and oxygen atoms in total. The van der Waals surface area contributed by atoms with Crippen molar-refractivity contribution < 1.29 is 23.1 Å². The van der Waals surface area contributed by atoms with Gasteiger partial charge in [0.1, 0.15) is 0 Å². The Balaban J connectivity index is 1.82. The van der Waals surface area contributed by atoms with Crippen LogP contribution in [-0.2, 0) is 6.18 Å². The Bertz CT molecular complexity index is 688. The highest BCUT2D eigenvalue weighted by Crippen LogP contribution is 2.29. The molecule has 0 aromatic heterocycles. The molecule has 26 heavy (non-hydrogen) atoms. The van der Waals surface area contributed by atoms with Crippen molar-refractivity contribution >= 4 is 11.7 Å². The lowest BCUT2D eigenvalue weighted by molar-refractivity contribution is -0.137. The Hall–Kier alpha value is -2.54. The normalized spacial score (nSPS) is 12.5. The topological polar surface area (TPSA) is 61.4 Å². The number of amides is 2. The first-order valence-corrected chi connectivity index (χ1v) is 8.28. The van der Waals surface area contributed by atoms with Gasteiger partial charge in [-0.25, -0.2) is 4.79 Å². The number of urea groups is 1. The number of halogens is 3. The number of benzene rings is 2. The molecule has 0 aliphatic carbocycles. The third kappa shape index (κ3) is 6.07. The largest absolute Gasteiger partial charge is 0.416 e. The predicted molar refractivity (Wildman–Crippen MR) is 94.0 cm³/mol. The zero-order valence-corrected chi connectivity index (χ0v) is 14.1. The van der Waals surface area contributed by atoms with Crippen molar-refractivity contribution in [2.24, 2.45) is 0 Å². The molecule has 0 heterocycles. The van der Waals surface area contributed by atoms with E-state index >= 15 is 0 Å². The summed E-state index contributed by atoms with van der Waals surface area (Å²) >= 11 is 0. The van der Waals surface area contributed by atoms with E-state index in [1.807, 2.05) is 30.3 Å². The van der Waals surface area contributed by atoms with E-state index < -0.39 is 17.8 Å². The van der Waals surface area contributed by atoms with E-state index in [1.165, 1.54) is 12.1 Å². The van der Waals surface area contributed by atoms with Crippen molar-refractivity contribution in [1.29, 1.82) is 0 Å². The molecule has 2 amide bonds. The van der Waals surface area contributed by atoms with E-state index in [9.17, 15) is 23.1 Å². The molecule has 1 atom stereocenters. The number of aliphatic hydroxyl groups is 1. The van der Waals surface area contributed by atoms with Gasteiger partial charge in [0, 0.05) is 18.8 Å². The van der Waals surface area contributed by atoms with Gasteiger partial charge in [-0.05, 0) is 48.6 Å². The summed E-state index contributed by atoms with van der Waals surface area (Å²) in [6.45, 7) is 0.434. The van der Waals surface area contributed by atoms with Gasteiger partial charge in [0.05, 0.1) is 5.56 Å². The second-order valence-corrected chi connectivity index (χ2v) is 5.86. The monoisotopic (exact) mass is 366 g/mol. The second kappa shape index (κ2) is 9.24. The number of aliphatic hydroxyl groups excluding tert-OH is 1. The third-order valence-electron chi connectivity index (χ3n) is 4.00. The molecule has 0 spiro atoms. The smallest absolute Gasteiger partial charge is 0.396 e. The molecule has 140 valence electrons. The fourth-order valence-corrected chi connectivity index (χ4v) is 2.64. The van der Waals surface area contributed by atoms with Crippen LogP contribution in [0.5, 0.6) is 0 Å². The van der Waals surface area contributed by atoms with Crippen LogP contribution in [0.25, 0.3) is 0 Å². The molecule has 0 saturated heterocycles. The van der Waals surface area contributed by atoms with Crippen molar-refractivity contribution in [1.82, 2.24) is 5.32 Å². The van der Waals surface area contributed by atoms with E-state index in [-0.39, 0.29) is 18.2 Å². The molecule has 0 aliphatic rings. The summed E-state index contributed by atoms with van der Waals surface area (Å²) in [6.07, 6.45) is -3.17. The Morgan fingerprint density at radius 3 is 2.23 bits per heavy atom. The first-order valence-electron chi connectivity index (χ1n) is 8.28. The Kier molecular flexibility index (Phi) is 7.03. The van der Waals surface area contributed by atoms with Crippen LogP contribution in [-0.4, -0.2) is 24.3 Å². The standard InChI is InChI=1S/C19H21F3N2O2/c20-19(21,22)16-6-8-17(9-7-16)24-18(26)23-12-10-15(11-13-25)14-4-2-1-3-5-14/h1-9,15,25H,10-13H2,(H2,23,24,26). The highest BCUT2D eigenvalue weighted by atomic mass is 19.4. The molecule has 2 rings (SSSR count). The van der Waals surface area contributed by atoms with Crippen molar-refractivity contribution in [2.45, 2.75) is 24.9 Å². The number of alkyl halides is 3. The van der Waals surface area contributed by atoms with Crippen LogP contribution in [0.3, 0.4) is 0 Å². The van der Waals surface area contributed by atoms with E-state index in [0.717, 1.165) is 17.7 Å². The maximum absolute atomic E-state index is 12.5. The number of anilines is 1. The average molecular weight is 366 g/mol. The number of carbonyl (C=O) groups is 1. The molecule has 0 saturated carbocycles. The molecule has 2 aromatic carbocycles. The number of hydrogen-bond donors (Lipinski definition) is 3. The molecule has 2 aromatic rings. The summed E-state index contributed by atoms with van der Waals surface area (Å²) < 4.78 is 37.5. The maximum Gasteiger partial charge on any atom is 0.416 e. The van der Waals surface area contributed by atoms with Crippen LogP contribution >= 0.6 is 0 Å². The van der Waals surface area contributed by atoms with Gasteiger partial charge in [0.15, 0.2) is 0 Å². The number of rotatable bonds is 7. The fourth-order valence-electron chi connectivity index (χ4n) is 2.64. The summed E-state index contributed by atoms with van der Waals surface area (Å²) in [6, 6.07) is 13.5. The lowest BCUT2D eigenvalue weighted by atomic mass is 9.93. The van der Waals surface area contributed by atoms with Crippen LogP contribution in [0, 0.1) is 0 Å². The highest BCUT2D eigenvalue weighted by Gasteiger charge is 2.29. The van der Waals surface area contributed by atoms with Gasteiger partial charge in [-0.15, -0.1) is 0 Å². The number of hydrogen-bond acceptors (Lipinski definition) is 2. The van der Waals surface area contributed by atoms with Gasteiger partial charge >= 0.3 is 12.2 Å². The molecule has 1 unspecified atom stereocenters. The zero-order valence-electron chi connectivity index (χ0n) is 14.1. The van der Waals surface area contributed by atoms with E-state index in [2.05, 4.69) is 10.6 Å². The molecule has 0 radical (unpaired) electrons. The number of nitrogens with one attached hydrogen (secondary N) is 2. The third-order valence-corrected chi connectivity index (χ3v) is 4.00. The van der Waals surface area contributed by atoms with Crippen LogP contribution in [0.15, 0.2) is 54.6 Å². The van der Waals surface area contributed by atoms with Crippen molar-refractivity contribution in [3.05, 3.63) is 65.7 Å². The average Bonchev–Trinajstić information content (AvgIpc) is 2.61. The summed E-state index contributed by atoms with van der Waals surface area (Å²) in [5.41, 5.74) is 0.607. The second-order valence-electron chi connectivity index (χ2n) is 5.86. The Labute approximate surface area is 150 Å². The minimum atomic E-state index is -4.40. The van der Waals surface area contributed by atoms with Crippen molar-refractivity contribution in [3.63, 3.8) is 0 Å². The van der Waals surface area contributed by atoms with Crippen molar-refractivity contribution in [3.8, 4) is 0 Å². The van der Waals surface area contributed by atoms with E-state index in [1.54, 1.807) is 0 Å². The van der Waals surface area contributed by atoms with Gasteiger partial charge in [-0.3, -0.25) is 0 Å². The molecule has 7 heteroatoms.